The summed E-state index contributed by atoms with van der Waals surface area (Å²) >= 11 is 5.54. The van der Waals surface area contributed by atoms with E-state index in [1.807, 2.05) is 50.2 Å². The first-order valence-corrected chi connectivity index (χ1v) is 12.5. The number of hydrogen-bond donors (Lipinski definition) is 3. The van der Waals surface area contributed by atoms with Crippen molar-refractivity contribution in [3.05, 3.63) is 79.8 Å². The topological polar surface area (TPSA) is 101 Å². The highest BCUT2D eigenvalue weighted by Gasteiger charge is 2.14. The second-order valence-electron chi connectivity index (χ2n) is 7.25. The van der Waals surface area contributed by atoms with Gasteiger partial charge in [0.1, 0.15) is 0 Å². The van der Waals surface area contributed by atoms with Gasteiger partial charge in [0.25, 0.3) is 5.91 Å². The summed E-state index contributed by atoms with van der Waals surface area (Å²) in [5, 5.41) is 9.51. The maximum Gasteiger partial charge on any atom is 0.339 e. The summed E-state index contributed by atoms with van der Waals surface area (Å²) in [6.07, 6.45) is 1.50. The van der Waals surface area contributed by atoms with Crippen LogP contribution in [0.4, 0.5) is 16.2 Å². The molecule has 0 aliphatic heterocycles. The van der Waals surface area contributed by atoms with Gasteiger partial charge in [-0.2, -0.15) is 5.10 Å². The van der Waals surface area contributed by atoms with Gasteiger partial charge in [-0.3, -0.25) is 4.79 Å². The lowest BCUT2D eigenvalue weighted by Gasteiger charge is -2.14. The fourth-order valence-corrected chi connectivity index (χ4v) is 4.00. The summed E-state index contributed by atoms with van der Waals surface area (Å²) in [5.41, 5.74) is 5.49. The second-order valence-corrected chi connectivity index (χ2v) is 9.27. The number of ether oxygens (including phenoxy) is 2. The number of hydrogen-bond acceptors (Lipinski definition) is 5. The van der Waals surface area contributed by atoms with Gasteiger partial charge in [-0.15, -0.1) is 0 Å². The Morgan fingerprint density at radius 3 is 2.51 bits per heavy atom. The van der Waals surface area contributed by atoms with Crippen LogP contribution in [-0.4, -0.2) is 31.4 Å². The molecule has 3 aromatic rings. The molecular weight excluding hydrogens is 627 g/mol. The average Bonchev–Trinajstić information content (AvgIpc) is 2.82. The predicted molar refractivity (Wildman–Crippen MR) is 150 cm³/mol. The third kappa shape index (κ3) is 8.25. The van der Waals surface area contributed by atoms with Gasteiger partial charge in [-0.05, 0) is 90.0 Å². The maximum absolute atomic E-state index is 12.3. The number of nitrogens with zero attached hydrogens (tertiary/aromatic N) is 1. The third-order valence-corrected chi connectivity index (χ3v) is 6.22. The molecule has 0 spiro atoms. The molecule has 182 valence electrons. The first-order valence-electron chi connectivity index (χ1n) is 10.7. The summed E-state index contributed by atoms with van der Waals surface area (Å²) in [7, 11) is 0. The van der Waals surface area contributed by atoms with Crippen molar-refractivity contribution in [2.75, 3.05) is 23.8 Å². The summed E-state index contributed by atoms with van der Waals surface area (Å²) in [6.45, 7) is 4.04. The molecule has 3 amide bonds. The van der Waals surface area contributed by atoms with Crippen molar-refractivity contribution in [2.45, 2.75) is 13.8 Å². The summed E-state index contributed by atoms with van der Waals surface area (Å²) in [6, 6.07) is 17.7. The van der Waals surface area contributed by atoms with Crippen molar-refractivity contribution in [3.8, 4) is 11.5 Å². The maximum atomic E-state index is 12.3. The van der Waals surface area contributed by atoms with Crippen LogP contribution in [0.3, 0.4) is 0 Å². The smallest absolute Gasteiger partial charge is 0.339 e. The average molecular weight is 651 g/mol. The van der Waals surface area contributed by atoms with Crippen molar-refractivity contribution < 1.29 is 19.1 Å². The van der Waals surface area contributed by atoms with Crippen LogP contribution >= 0.6 is 38.5 Å². The number of nitrogens with one attached hydrogen (secondary N) is 3. The SMILES string of the molecule is CCOc1cc(/C=N/NC(=O)Nc2ccc(Br)c(C)c2)cc(I)c1OCC(=O)Nc1ccccc1. The van der Waals surface area contributed by atoms with E-state index in [2.05, 4.69) is 59.7 Å². The zero-order valence-corrected chi connectivity index (χ0v) is 22.8. The molecule has 10 heteroatoms. The molecule has 0 atom stereocenters. The van der Waals surface area contributed by atoms with E-state index in [0.29, 0.717) is 35.0 Å². The van der Waals surface area contributed by atoms with Crippen LogP contribution in [0.25, 0.3) is 0 Å². The van der Waals surface area contributed by atoms with Gasteiger partial charge in [-0.25, -0.2) is 10.2 Å². The Morgan fingerprint density at radius 2 is 1.80 bits per heavy atom. The van der Waals surface area contributed by atoms with Crippen LogP contribution < -0.4 is 25.5 Å². The number of carbonyl (C=O) groups excluding carboxylic acids is 2. The van der Waals surface area contributed by atoms with Gasteiger partial charge < -0.3 is 20.1 Å². The highest BCUT2D eigenvalue weighted by atomic mass is 127. The number of urea groups is 1. The number of hydrazone groups is 1. The van der Waals surface area contributed by atoms with E-state index < -0.39 is 6.03 Å². The lowest BCUT2D eigenvalue weighted by atomic mass is 10.2. The molecule has 8 nitrogen and oxygen atoms in total. The van der Waals surface area contributed by atoms with E-state index in [4.69, 9.17) is 9.47 Å². The van der Waals surface area contributed by atoms with E-state index in [1.165, 1.54) is 6.21 Å². The normalized spacial score (nSPS) is 10.6. The van der Waals surface area contributed by atoms with E-state index in [1.54, 1.807) is 24.3 Å². The molecule has 0 heterocycles. The highest BCUT2D eigenvalue weighted by Crippen LogP contribution is 2.34. The molecule has 3 rings (SSSR count). The minimum absolute atomic E-state index is 0.171. The van der Waals surface area contributed by atoms with Crippen molar-refractivity contribution in [3.63, 3.8) is 0 Å². The molecule has 0 aromatic heterocycles. The van der Waals surface area contributed by atoms with Gasteiger partial charge >= 0.3 is 6.03 Å². The van der Waals surface area contributed by atoms with E-state index in [0.717, 1.165) is 13.6 Å². The van der Waals surface area contributed by atoms with E-state index in [-0.39, 0.29) is 12.5 Å². The molecule has 0 fully saturated rings. The fourth-order valence-electron chi connectivity index (χ4n) is 2.97. The minimum Gasteiger partial charge on any atom is -0.490 e. The number of aryl methyl sites for hydroxylation is 1. The molecule has 35 heavy (non-hydrogen) atoms. The van der Waals surface area contributed by atoms with Crippen LogP contribution in [0.5, 0.6) is 11.5 Å². The van der Waals surface area contributed by atoms with Crippen molar-refractivity contribution in [1.29, 1.82) is 0 Å². The van der Waals surface area contributed by atoms with Crippen molar-refractivity contribution in [1.82, 2.24) is 5.43 Å². The number of anilines is 2. The molecule has 0 unspecified atom stereocenters. The molecule has 0 radical (unpaired) electrons. The van der Waals surface area contributed by atoms with Crippen LogP contribution in [0, 0.1) is 10.5 Å². The molecule has 0 aliphatic carbocycles. The summed E-state index contributed by atoms with van der Waals surface area (Å²) < 4.78 is 13.2. The van der Waals surface area contributed by atoms with Crippen LogP contribution in [0.15, 0.2) is 70.2 Å². The van der Waals surface area contributed by atoms with Crippen molar-refractivity contribution >= 4 is 68.0 Å². The van der Waals surface area contributed by atoms with E-state index >= 15 is 0 Å². The van der Waals surface area contributed by atoms with E-state index in [9.17, 15) is 9.59 Å². The van der Waals surface area contributed by atoms with Crippen LogP contribution in [-0.2, 0) is 4.79 Å². The Labute approximate surface area is 225 Å². The predicted octanol–water partition coefficient (Wildman–Crippen LogP) is 5.93. The first kappa shape index (κ1) is 26.5. The lowest BCUT2D eigenvalue weighted by Crippen LogP contribution is -2.24. The Kier molecular flexibility index (Phi) is 9.91. The lowest BCUT2D eigenvalue weighted by molar-refractivity contribution is -0.118. The van der Waals surface area contributed by atoms with Crippen molar-refractivity contribution in [2.24, 2.45) is 5.10 Å². The second kappa shape index (κ2) is 13.1. The monoisotopic (exact) mass is 650 g/mol. The van der Waals surface area contributed by atoms with Gasteiger partial charge in [0, 0.05) is 15.8 Å². The molecule has 3 aromatic carbocycles. The molecular formula is C25H24BrIN4O4. The van der Waals surface area contributed by atoms with Gasteiger partial charge in [0.2, 0.25) is 0 Å². The minimum atomic E-state index is -0.466. The first-order chi connectivity index (χ1) is 16.9. The molecule has 0 bridgehead atoms. The van der Waals surface area contributed by atoms with Gasteiger partial charge in [0.05, 0.1) is 16.4 Å². The number of carbonyl (C=O) groups is 2. The summed E-state index contributed by atoms with van der Waals surface area (Å²) in [4.78, 5) is 24.4. The number of rotatable bonds is 9. The van der Waals surface area contributed by atoms with Gasteiger partial charge in [0.15, 0.2) is 18.1 Å². The Morgan fingerprint density at radius 1 is 1.03 bits per heavy atom. The molecule has 0 saturated heterocycles. The van der Waals surface area contributed by atoms with Gasteiger partial charge in [-0.1, -0.05) is 34.1 Å². The Balaban J connectivity index is 1.61. The van der Waals surface area contributed by atoms with Crippen LogP contribution in [0.1, 0.15) is 18.1 Å². The quantitative estimate of drug-likeness (QED) is 0.152. The number of amides is 3. The molecule has 3 N–H and O–H groups in total. The standard InChI is InChI=1S/C25H24BrIN4O4/c1-3-34-22-13-17(14-28-31-25(33)30-19-9-10-20(26)16(2)11-19)12-21(27)24(22)35-15-23(32)29-18-7-5-4-6-8-18/h4-14H,3,15H2,1-2H3,(H,29,32)(H2,30,31,33)/b28-14+. The Bertz CT molecular complexity index is 1220. The Hall–Kier alpha value is -3.12. The highest BCUT2D eigenvalue weighted by molar-refractivity contribution is 14.1. The van der Waals surface area contributed by atoms with Crippen LogP contribution in [0.2, 0.25) is 0 Å². The largest absolute Gasteiger partial charge is 0.490 e. The number of halogens is 2. The molecule has 0 saturated carbocycles. The number of benzene rings is 3. The fraction of sp³-hybridized carbons (Fsp3) is 0.160. The third-order valence-electron chi connectivity index (χ3n) is 4.53. The summed E-state index contributed by atoms with van der Waals surface area (Å²) in [5.74, 6) is 0.656. The molecule has 0 aliphatic rings. The number of para-hydroxylation sites is 1. The zero-order chi connectivity index (χ0) is 25.2. The zero-order valence-electron chi connectivity index (χ0n) is 19.1.